The number of carbonyl (C=O) groups is 1. The van der Waals surface area contributed by atoms with Crippen molar-refractivity contribution >= 4 is 51.8 Å². The average Bonchev–Trinajstić information content (AvgIpc) is 3.13. The Balaban J connectivity index is 1.66. The van der Waals surface area contributed by atoms with Crippen LogP contribution in [-0.2, 0) is 11.3 Å². The number of rotatable bonds is 5. The number of para-hydroxylation sites is 1. The number of fused-ring (bicyclic) bond motifs is 1. The van der Waals surface area contributed by atoms with E-state index in [1.807, 2.05) is 41.1 Å². The molecule has 158 valence electrons. The average molecular weight is 464 g/mol. The largest absolute Gasteiger partial charge is 0.342 e. The Bertz CT molecular complexity index is 1380. The topological polar surface area (TPSA) is 57.8 Å². The summed E-state index contributed by atoms with van der Waals surface area (Å²) in [5.41, 5.74) is 2.97. The third-order valence-electron chi connectivity index (χ3n) is 4.93. The summed E-state index contributed by atoms with van der Waals surface area (Å²) in [6.45, 7) is 0.520. The van der Waals surface area contributed by atoms with Gasteiger partial charge in [-0.05, 0) is 48.0 Å². The number of carbonyl (C=O) groups excluding carboxylic acids is 1. The lowest BCUT2D eigenvalue weighted by Gasteiger charge is -2.05. The van der Waals surface area contributed by atoms with Gasteiger partial charge in [0, 0.05) is 34.9 Å². The van der Waals surface area contributed by atoms with Crippen LogP contribution < -0.4 is 5.32 Å². The number of nitrogens with zero attached hydrogens (tertiary/aromatic N) is 2. The van der Waals surface area contributed by atoms with E-state index in [2.05, 4.69) is 5.32 Å². The molecule has 0 radical (unpaired) electrons. The third kappa shape index (κ3) is 4.67. The highest BCUT2D eigenvalue weighted by molar-refractivity contribution is 6.42. The summed E-state index contributed by atoms with van der Waals surface area (Å²) in [6, 6.07) is 20.6. The van der Waals surface area contributed by atoms with E-state index in [4.69, 9.17) is 23.2 Å². The van der Waals surface area contributed by atoms with Crippen molar-refractivity contribution < 1.29 is 9.18 Å². The summed E-state index contributed by atoms with van der Waals surface area (Å²) >= 11 is 11.9. The van der Waals surface area contributed by atoms with E-state index in [-0.39, 0.29) is 11.4 Å². The Hall–Kier alpha value is -3.59. The Morgan fingerprint density at radius 3 is 2.53 bits per heavy atom. The highest BCUT2D eigenvalue weighted by atomic mass is 35.5. The van der Waals surface area contributed by atoms with E-state index in [1.54, 1.807) is 30.3 Å². The minimum Gasteiger partial charge on any atom is -0.342 e. The van der Waals surface area contributed by atoms with Gasteiger partial charge in [-0.15, -0.1) is 0 Å². The Labute approximate surface area is 194 Å². The summed E-state index contributed by atoms with van der Waals surface area (Å²) in [4.78, 5) is 12.7. The summed E-state index contributed by atoms with van der Waals surface area (Å²) < 4.78 is 15.2. The predicted octanol–water partition coefficient (Wildman–Crippen LogP) is 6.68. The van der Waals surface area contributed by atoms with Gasteiger partial charge in [0.2, 0.25) is 0 Å². The molecule has 32 heavy (non-hydrogen) atoms. The molecule has 0 aliphatic heterocycles. The van der Waals surface area contributed by atoms with Crippen LogP contribution in [0.4, 0.5) is 10.1 Å². The number of hydrogen-bond acceptors (Lipinski definition) is 2. The normalized spacial score (nSPS) is 11.4. The monoisotopic (exact) mass is 463 g/mol. The smallest absolute Gasteiger partial charge is 0.266 e. The minimum atomic E-state index is -0.554. The standard InChI is InChI=1S/C25H16Cl2FN3O/c26-22-10-9-20(12-23(22)27)30-25(32)17(13-29)11-18-15-31(24-4-2-1-3-21(18)24)14-16-5-7-19(28)8-6-16/h1-12,15H,14H2,(H,30,32)/b17-11+. The number of benzene rings is 3. The maximum Gasteiger partial charge on any atom is 0.266 e. The molecule has 0 atom stereocenters. The zero-order valence-corrected chi connectivity index (χ0v) is 18.2. The van der Waals surface area contributed by atoms with Gasteiger partial charge in [0.25, 0.3) is 5.91 Å². The van der Waals surface area contributed by atoms with Crippen molar-refractivity contribution in [3.05, 3.63) is 105 Å². The van der Waals surface area contributed by atoms with Gasteiger partial charge in [-0.1, -0.05) is 53.5 Å². The first-order chi connectivity index (χ1) is 15.4. The molecule has 7 heteroatoms. The van der Waals surface area contributed by atoms with E-state index in [0.29, 0.717) is 22.3 Å². The van der Waals surface area contributed by atoms with Crippen molar-refractivity contribution in [2.45, 2.75) is 6.54 Å². The van der Waals surface area contributed by atoms with Crippen molar-refractivity contribution in [1.82, 2.24) is 4.57 Å². The lowest BCUT2D eigenvalue weighted by molar-refractivity contribution is -0.112. The van der Waals surface area contributed by atoms with Crippen LogP contribution in [-0.4, -0.2) is 10.5 Å². The molecule has 4 rings (SSSR count). The van der Waals surface area contributed by atoms with Gasteiger partial charge in [-0.2, -0.15) is 5.26 Å². The van der Waals surface area contributed by atoms with Gasteiger partial charge in [0.05, 0.1) is 10.0 Å². The third-order valence-corrected chi connectivity index (χ3v) is 5.67. The first-order valence-electron chi connectivity index (χ1n) is 9.65. The summed E-state index contributed by atoms with van der Waals surface area (Å²) in [5, 5.41) is 13.8. The van der Waals surface area contributed by atoms with Crippen LogP contribution >= 0.6 is 23.2 Å². The molecule has 0 unspecified atom stereocenters. The number of halogens is 3. The lowest BCUT2D eigenvalue weighted by Crippen LogP contribution is -2.13. The molecule has 0 saturated carbocycles. The van der Waals surface area contributed by atoms with Crippen LogP contribution in [0.2, 0.25) is 10.0 Å². The highest BCUT2D eigenvalue weighted by Crippen LogP contribution is 2.27. The molecular formula is C25H16Cl2FN3O. The van der Waals surface area contributed by atoms with E-state index in [0.717, 1.165) is 22.0 Å². The van der Waals surface area contributed by atoms with Crippen molar-refractivity contribution in [2.24, 2.45) is 0 Å². The van der Waals surface area contributed by atoms with Gasteiger partial charge < -0.3 is 9.88 Å². The number of nitrogens with one attached hydrogen (secondary N) is 1. The lowest BCUT2D eigenvalue weighted by atomic mass is 10.1. The van der Waals surface area contributed by atoms with Crippen LogP contribution in [0.3, 0.4) is 0 Å². The quantitative estimate of drug-likeness (QED) is 0.265. The van der Waals surface area contributed by atoms with E-state index in [1.165, 1.54) is 18.2 Å². The van der Waals surface area contributed by atoms with E-state index in [9.17, 15) is 14.4 Å². The Morgan fingerprint density at radius 2 is 1.81 bits per heavy atom. The van der Waals surface area contributed by atoms with Gasteiger partial charge >= 0.3 is 0 Å². The zero-order valence-electron chi connectivity index (χ0n) is 16.6. The Morgan fingerprint density at radius 1 is 1.06 bits per heavy atom. The predicted molar refractivity (Wildman–Crippen MR) is 126 cm³/mol. The number of aromatic nitrogens is 1. The molecule has 3 aromatic carbocycles. The first kappa shape index (κ1) is 21.6. The summed E-state index contributed by atoms with van der Waals surface area (Å²) in [6.07, 6.45) is 3.42. The Kier molecular flexibility index (Phi) is 6.27. The molecule has 1 heterocycles. The van der Waals surface area contributed by atoms with Crippen LogP contribution in [0.15, 0.2) is 78.5 Å². The van der Waals surface area contributed by atoms with E-state index < -0.39 is 5.91 Å². The van der Waals surface area contributed by atoms with E-state index >= 15 is 0 Å². The van der Waals surface area contributed by atoms with Gasteiger partial charge in [-0.3, -0.25) is 4.79 Å². The molecule has 0 aliphatic rings. The van der Waals surface area contributed by atoms with Crippen LogP contribution in [0.5, 0.6) is 0 Å². The number of anilines is 1. The van der Waals surface area contributed by atoms with Crippen LogP contribution in [0.25, 0.3) is 17.0 Å². The van der Waals surface area contributed by atoms with Crippen LogP contribution in [0, 0.1) is 17.1 Å². The van der Waals surface area contributed by atoms with Gasteiger partial charge in [0.15, 0.2) is 0 Å². The molecule has 1 N–H and O–H groups in total. The zero-order chi connectivity index (χ0) is 22.7. The van der Waals surface area contributed by atoms with Crippen molar-refractivity contribution in [3.8, 4) is 6.07 Å². The van der Waals surface area contributed by atoms with Gasteiger partial charge in [0.1, 0.15) is 17.5 Å². The number of hydrogen-bond donors (Lipinski definition) is 1. The molecule has 0 spiro atoms. The molecule has 4 nitrogen and oxygen atoms in total. The SMILES string of the molecule is N#C/C(=C\c1cn(Cc2ccc(F)cc2)c2ccccc12)C(=O)Nc1ccc(Cl)c(Cl)c1. The molecule has 1 amide bonds. The molecule has 0 fully saturated rings. The number of amides is 1. The maximum absolute atomic E-state index is 13.2. The fraction of sp³-hybridized carbons (Fsp3) is 0.0400. The minimum absolute atomic E-state index is 0.0549. The summed E-state index contributed by atoms with van der Waals surface area (Å²) in [5.74, 6) is -0.845. The van der Waals surface area contributed by atoms with Crippen molar-refractivity contribution in [3.63, 3.8) is 0 Å². The second-order valence-corrected chi connectivity index (χ2v) is 7.92. The fourth-order valence-corrected chi connectivity index (χ4v) is 3.68. The van der Waals surface area contributed by atoms with Crippen LogP contribution in [0.1, 0.15) is 11.1 Å². The fourth-order valence-electron chi connectivity index (χ4n) is 3.38. The molecule has 0 saturated heterocycles. The second kappa shape index (κ2) is 9.27. The maximum atomic E-state index is 13.2. The molecule has 1 aromatic heterocycles. The molecule has 0 bridgehead atoms. The first-order valence-corrected chi connectivity index (χ1v) is 10.4. The number of nitriles is 1. The molecular weight excluding hydrogens is 448 g/mol. The molecule has 0 aliphatic carbocycles. The molecule has 4 aromatic rings. The summed E-state index contributed by atoms with van der Waals surface area (Å²) in [7, 11) is 0. The van der Waals surface area contributed by atoms with Crippen molar-refractivity contribution in [1.29, 1.82) is 5.26 Å². The van der Waals surface area contributed by atoms with Crippen molar-refractivity contribution in [2.75, 3.05) is 5.32 Å². The van der Waals surface area contributed by atoms with Gasteiger partial charge in [-0.25, -0.2) is 4.39 Å². The highest BCUT2D eigenvalue weighted by Gasteiger charge is 2.13. The second-order valence-electron chi connectivity index (χ2n) is 7.11.